The molecule has 4 rings (SSSR count). The van der Waals surface area contributed by atoms with Crippen LogP contribution in [0.25, 0.3) is 21.8 Å². The summed E-state index contributed by atoms with van der Waals surface area (Å²) in [5.74, 6) is 2.31. The van der Waals surface area contributed by atoms with Gasteiger partial charge in [-0.2, -0.15) is 23.5 Å². The molecular weight excluding hydrogens is 492 g/mol. The minimum atomic E-state index is -0.288. The van der Waals surface area contributed by atoms with Crippen LogP contribution in [0.1, 0.15) is 59.0 Å². The number of ether oxygens (including phenoxy) is 2. The first-order valence-electron chi connectivity index (χ1n) is 12.2. The number of carbonyl (C=O) groups excluding carboxylic acids is 2. The van der Waals surface area contributed by atoms with Crippen molar-refractivity contribution in [1.29, 1.82) is 0 Å². The van der Waals surface area contributed by atoms with Gasteiger partial charge in [-0.3, -0.25) is 0 Å². The number of carbonyl (C=O) groups is 2. The van der Waals surface area contributed by atoms with Crippen molar-refractivity contribution in [2.75, 3.05) is 19.0 Å². The zero-order valence-electron chi connectivity index (χ0n) is 20.9. The Kier molecular flexibility index (Phi) is 9.04. The molecule has 2 aromatic carbocycles. The van der Waals surface area contributed by atoms with Crippen molar-refractivity contribution in [3.8, 4) is 0 Å². The number of hydrogen-bond donors (Lipinski definition) is 2. The summed E-state index contributed by atoms with van der Waals surface area (Å²) >= 11 is 3.86. The standard InChI is InChI=1S/C28H32N2O4S2/c1-4-33-27(31)19-9-10-22-20(14-29-25(22)13-19)16-35-12-11-18(3)36-17-21-15-30-26-23(21)7-6-8-24(26)28(32)34-5-2/h6-10,13-15,18,29-30H,4-5,11-12,16-17H2,1-3H3. The first-order chi connectivity index (χ1) is 17.5. The van der Waals surface area contributed by atoms with E-state index in [2.05, 4.69) is 23.0 Å². The molecule has 0 saturated heterocycles. The fourth-order valence-electron chi connectivity index (χ4n) is 4.10. The molecule has 190 valence electrons. The molecular formula is C28H32N2O4S2. The van der Waals surface area contributed by atoms with Crippen molar-refractivity contribution in [1.82, 2.24) is 9.97 Å². The molecule has 0 bridgehead atoms. The summed E-state index contributed by atoms with van der Waals surface area (Å²) < 4.78 is 10.3. The number of H-pyrrole nitrogens is 2. The van der Waals surface area contributed by atoms with Crippen molar-refractivity contribution in [3.63, 3.8) is 0 Å². The number of fused-ring (bicyclic) bond motifs is 2. The van der Waals surface area contributed by atoms with Gasteiger partial charge >= 0.3 is 11.9 Å². The molecule has 0 fully saturated rings. The number of nitrogens with one attached hydrogen (secondary N) is 2. The summed E-state index contributed by atoms with van der Waals surface area (Å²) in [6.07, 6.45) is 5.15. The topological polar surface area (TPSA) is 84.2 Å². The van der Waals surface area contributed by atoms with Gasteiger partial charge in [-0.25, -0.2) is 9.59 Å². The highest BCUT2D eigenvalue weighted by Crippen LogP contribution is 2.29. The molecule has 0 aliphatic carbocycles. The van der Waals surface area contributed by atoms with E-state index in [-0.39, 0.29) is 11.9 Å². The van der Waals surface area contributed by atoms with E-state index in [1.807, 2.05) is 74.0 Å². The molecule has 0 aliphatic rings. The minimum absolute atomic E-state index is 0.288. The molecule has 0 saturated carbocycles. The van der Waals surface area contributed by atoms with Gasteiger partial charge in [-0.15, -0.1) is 0 Å². The van der Waals surface area contributed by atoms with E-state index in [0.717, 1.165) is 45.5 Å². The lowest BCUT2D eigenvalue weighted by atomic mass is 10.1. The Morgan fingerprint density at radius 3 is 2.47 bits per heavy atom. The third-order valence-electron chi connectivity index (χ3n) is 6.02. The monoisotopic (exact) mass is 524 g/mol. The summed E-state index contributed by atoms with van der Waals surface area (Å²) in [5, 5.41) is 2.75. The van der Waals surface area contributed by atoms with E-state index < -0.39 is 0 Å². The van der Waals surface area contributed by atoms with E-state index in [1.165, 1.54) is 11.1 Å². The van der Waals surface area contributed by atoms with Gasteiger partial charge < -0.3 is 19.4 Å². The first kappa shape index (κ1) is 26.2. The maximum absolute atomic E-state index is 12.2. The number of para-hydroxylation sites is 1. The largest absolute Gasteiger partial charge is 0.462 e. The van der Waals surface area contributed by atoms with Crippen LogP contribution in [-0.2, 0) is 21.0 Å². The van der Waals surface area contributed by atoms with Crippen LogP contribution in [0, 0.1) is 0 Å². The number of hydrogen-bond acceptors (Lipinski definition) is 6. The Labute approximate surface area is 219 Å². The molecule has 6 nitrogen and oxygen atoms in total. The fourth-order valence-corrected chi connectivity index (χ4v) is 6.36. The number of esters is 2. The molecule has 36 heavy (non-hydrogen) atoms. The maximum atomic E-state index is 12.2. The lowest BCUT2D eigenvalue weighted by Gasteiger charge is -2.11. The number of aromatic amines is 2. The summed E-state index contributed by atoms with van der Waals surface area (Å²) in [4.78, 5) is 30.8. The number of benzene rings is 2. The Balaban J connectivity index is 1.26. The molecule has 1 unspecified atom stereocenters. The molecule has 0 amide bonds. The van der Waals surface area contributed by atoms with Gasteiger partial charge in [0.05, 0.1) is 29.9 Å². The van der Waals surface area contributed by atoms with Crippen molar-refractivity contribution in [2.24, 2.45) is 0 Å². The van der Waals surface area contributed by atoms with Gasteiger partial charge in [0, 0.05) is 45.4 Å². The van der Waals surface area contributed by atoms with Crippen molar-refractivity contribution >= 4 is 57.3 Å². The molecule has 0 spiro atoms. The molecule has 2 aromatic heterocycles. The van der Waals surface area contributed by atoms with Gasteiger partial charge in [-0.05, 0) is 55.3 Å². The average Bonchev–Trinajstić information content (AvgIpc) is 3.49. The normalized spacial score (nSPS) is 12.2. The predicted octanol–water partition coefficient (Wildman–Crippen LogP) is 6.95. The Morgan fingerprint density at radius 2 is 1.67 bits per heavy atom. The van der Waals surface area contributed by atoms with Crippen LogP contribution in [0.4, 0.5) is 0 Å². The first-order valence-corrected chi connectivity index (χ1v) is 14.4. The lowest BCUT2D eigenvalue weighted by Crippen LogP contribution is -2.05. The van der Waals surface area contributed by atoms with E-state index in [9.17, 15) is 9.59 Å². The van der Waals surface area contributed by atoms with Gasteiger partial charge in [0.1, 0.15) is 0 Å². The SMILES string of the molecule is CCOC(=O)c1ccc2c(CSCCC(C)SCc3c[nH]c4c(C(=O)OCC)cccc34)c[nH]c2c1. The lowest BCUT2D eigenvalue weighted by molar-refractivity contribution is 0.0518. The maximum Gasteiger partial charge on any atom is 0.340 e. The zero-order valence-corrected chi connectivity index (χ0v) is 22.5. The number of thioether (sulfide) groups is 2. The zero-order chi connectivity index (χ0) is 25.5. The molecule has 2 heterocycles. The van der Waals surface area contributed by atoms with E-state index in [4.69, 9.17) is 9.47 Å². The summed E-state index contributed by atoms with van der Waals surface area (Å²) in [5.41, 5.74) is 5.43. The quantitative estimate of drug-likeness (QED) is 0.154. The van der Waals surface area contributed by atoms with Crippen molar-refractivity contribution in [2.45, 2.75) is 43.9 Å². The predicted molar refractivity (Wildman–Crippen MR) is 150 cm³/mol. The van der Waals surface area contributed by atoms with E-state index >= 15 is 0 Å². The van der Waals surface area contributed by atoms with Gasteiger partial charge in [-0.1, -0.05) is 25.1 Å². The van der Waals surface area contributed by atoms with Crippen LogP contribution in [0.5, 0.6) is 0 Å². The minimum Gasteiger partial charge on any atom is -0.462 e. The Bertz CT molecular complexity index is 1340. The smallest absolute Gasteiger partial charge is 0.340 e. The molecule has 0 aliphatic heterocycles. The van der Waals surface area contributed by atoms with Gasteiger partial charge in [0.15, 0.2) is 0 Å². The molecule has 0 radical (unpaired) electrons. The third kappa shape index (κ3) is 6.10. The average molecular weight is 525 g/mol. The van der Waals surface area contributed by atoms with Crippen LogP contribution in [0.2, 0.25) is 0 Å². The highest BCUT2D eigenvalue weighted by atomic mass is 32.2. The van der Waals surface area contributed by atoms with Crippen molar-refractivity contribution in [3.05, 3.63) is 71.0 Å². The van der Waals surface area contributed by atoms with Crippen LogP contribution < -0.4 is 0 Å². The van der Waals surface area contributed by atoms with E-state index in [1.54, 1.807) is 6.07 Å². The van der Waals surface area contributed by atoms with Crippen LogP contribution in [0.15, 0.2) is 48.8 Å². The number of aromatic nitrogens is 2. The highest BCUT2D eigenvalue weighted by Gasteiger charge is 2.15. The summed E-state index contributed by atoms with van der Waals surface area (Å²) in [6, 6.07) is 11.5. The Hall–Kier alpha value is -2.84. The molecule has 1 atom stereocenters. The van der Waals surface area contributed by atoms with Gasteiger partial charge in [0.2, 0.25) is 0 Å². The fraction of sp³-hybridized carbons (Fsp3) is 0.357. The van der Waals surface area contributed by atoms with Crippen molar-refractivity contribution < 1.29 is 19.1 Å². The second kappa shape index (κ2) is 12.4. The summed E-state index contributed by atoms with van der Waals surface area (Å²) in [7, 11) is 0. The summed E-state index contributed by atoms with van der Waals surface area (Å²) in [6.45, 7) is 6.64. The second-order valence-electron chi connectivity index (χ2n) is 8.52. The Morgan fingerprint density at radius 1 is 0.917 bits per heavy atom. The van der Waals surface area contributed by atoms with Crippen LogP contribution >= 0.6 is 23.5 Å². The molecule has 4 aromatic rings. The third-order valence-corrected chi connectivity index (χ3v) is 8.35. The molecule has 8 heteroatoms. The van der Waals surface area contributed by atoms with Gasteiger partial charge in [0.25, 0.3) is 0 Å². The highest BCUT2D eigenvalue weighted by molar-refractivity contribution is 7.99. The second-order valence-corrected chi connectivity index (χ2v) is 11.1. The van der Waals surface area contributed by atoms with Crippen LogP contribution in [-0.4, -0.2) is 46.1 Å². The van der Waals surface area contributed by atoms with E-state index in [0.29, 0.717) is 29.6 Å². The molecule has 2 N–H and O–H groups in total. The van der Waals surface area contributed by atoms with Crippen LogP contribution in [0.3, 0.4) is 0 Å². The number of rotatable bonds is 12.